The molecule has 0 unspecified atom stereocenters. The molecule has 4 heterocycles. The van der Waals surface area contributed by atoms with Crippen LogP contribution in [-0.2, 0) is 17.8 Å². The Morgan fingerprint density at radius 1 is 1.09 bits per heavy atom. The van der Waals surface area contributed by atoms with Crippen LogP contribution in [0.25, 0.3) is 26.3 Å². The second-order valence-electron chi connectivity index (χ2n) is 7.20. The highest BCUT2D eigenvalue weighted by Crippen LogP contribution is 2.33. The molecule has 0 atom stereocenters. The van der Waals surface area contributed by atoms with Gasteiger partial charge >= 0.3 is 0 Å². The van der Waals surface area contributed by atoms with Crippen LogP contribution >= 0.6 is 22.7 Å². The third-order valence-corrected chi connectivity index (χ3v) is 6.89. The zero-order chi connectivity index (χ0) is 21.9. The Balaban J connectivity index is 1.22. The molecule has 0 aliphatic rings. The quantitative estimate of drug-likeness (QED) is 0.400. The minimum absolute atomic E-state index is 0.0558. The van der Waals surface area contributed by atoms with Gasteiger partial charge in [-0.25, -0.2) is 9.67 Å². The summed E-state index contributed by atoms with van der Waals surface area (Å²) >= 11 is 3.02. The largest absolute Gasteiger partial charge is 0.354 e. The van der Waals surface area contributed by atoms with Crippen LogP contribution in [0.2, 0.25) is 0 Å². The molecular formula is C23H19N5O2S2. The summed E-state index contributed by atoms with van der Waals surface area (Å²) in [5.41, 5.74) is 2.79. The Bertz CT molecular complexity index is 1400. The molecule has 0 fully saturated rings. The first-order chi connectivity index (χ1) is 15.7. The van der Waals surface area contributed by atoms with Crippen molar-refractivity contribution in [3.63, 3.8) is 0 Å². The molecule has 0 saturated carbocycles. The first kappa shape index (κ1) is 20.3. The monoisotopic (exact) mass is 461 g/mol. The summed E-state index contributed by atoms with van der Waals surface area (Å²) in [5.74, 6) is -0.214. The first-order valence-electron chi connectivity index (χ1n) is 10.1. The normalized spacial score (nSPS) is 11.1. The van der Waals surface area contributed by atoms with Crippen molar-refractivity contribution in [1.82, 2.24) is 24.6 Å². The lowest BCUT2D eigenvalue weighted by Crippen LogP contribution is -2.33. The molecule has 0 aliphatic heterocycles. The highest BCUT2D eigenvalue weighted by molar-refractivity contribution is 7.18. The summed E-state index contributed by atoms with van der Waals surface area (Å²) in [4.78, 5) is 31.6. The highest BCUT2D eigenvalue weighted by atomic mass is 32.1. The number of hydrogen-bond donors (Lipinski definition) is 1. The van der Waals surface area contributed by atoms with E-state index in [0.29, 0.717) is 23.2 Å². The van der Waals surface area contributed by atoms with E-state index in [2.05, 4.69) is 15.4 Å². The topological polar surface area (TPSA) is 81.8 Å². The number of thiophene rings is 2. The maximum absolute atomic E-state index is 13.0. The molecule has 1 N–H and O–H groups in total. The van der Waals surface area contributed by atoms with Crippen LogP contribution in [0.4, 0.5) is 0 Å². The molecule has 0 aliphatic carbocycles. The van der Waals surface area contributed by atoms with E-state index < -0.39 is 0 Å². The summed E-state index contributed by atoms with van der Waals surface area (Å²) in [5, 5.41) is 11.6. The number of amides is 1. The van der Waals surface area contributed by atoms with E-state index in [1.165, 1.54) is 22.2 Å². The Morgan fingerprint density at radius 2 is 1.97 bits per heavy atom. The number of carbonyl (C=O) groups is 1. The molecule has 9 heteroatoms. The zero-order valence-electron chi connectivity index (χ0n) is 17.0. The maximum atomic E-state index is 13.0. The van der Waals surface area contributed by atoms with E-state index in [4.69, 9.17) is 0 Å². The lowest BCUT2D eigenvalue weighted by atomic mass is 10.1. The summed E-state index contributed by atoms with van der Waals surface area (Å²) < 4.78 is 3.17. The predicted octanol–water partition coefficient (Wildman–Crippen LogP) is 3.73. The van der Waals surface area contributed by atoms with Gasteiger partial charge in [-0.15, -0.1) is 22.7 Å². The fourth-order valence-electron chi connectivity index (χ4n) is 3.49. The average Bonchev–Trinajstić information content (AvgIpc) is 3.57. The fourth-order valence-corrected chi connectivity index (χ4v) is 5.21. The molecule has 0 spiro atoms. The molecule has 7 nitrogen and oxygen atoms in total. The van der Waals surface area contributed by atoms with E-state index in [9.17, 15) is 9.59 Å². The van der Waals surface area contributed by atoms with Crippen molar-refractivity contribution < 1.29 is 4.79 Å². The van der Waals surface area contributed by atoms with Crippen molar-refractivity contribution >= 4 is 38.8 Å². The summed E-state index contributed by atoms with van der Waals surface area (Å²) in [6, 6.07) is 13.9. The Morgan fingerprint density at radius 3 is 2.72 bits per heavy atom. The molecule has 1 aromatic carbocycles. The van der Waals surface area contributed by atoms with E-state index in [0.717, 1.165) is 21.7 Å². The van der Waals surface area contributed by atoms with Crippen LogP contribution < -0.4 is 10.9 Å². The summed E-state index contributed by atoms with van der Waals surface area (Å²) in [6.45, 7) is 0.434. The molecule has 5 aromatic rings. The summed E-state index contributed by atoms with van der Waals surface area (Å²) in [6.07, 6.45) is 5.78. The van der Waals surface area contributed by atoms with Gasteiger partial charge in [-0.2, -0.15) is 5.10 Å². The number of aromatic nitrogens is 4. The van der Waals surface area contributed by atoms with Gasteiger partial charge in [0.2, 0.25) is 5.91 Å². The number of nitrogens with zero attached hydrogens (tertiary/aromatic N) is 4. The Labute approximate surface area is 191 Å². The van der Waals surface area contributed by atoms with Crippen molar-refractivity contribution in [2.24, 2.45) is 0 Å². The zero-order valence-corrected chi connectivity index (χ0v) is 18.6. The lowest BCUT2D eigenvalue weighted by Gasteiger charge is -2.08. The van der Waals surface area contributed by atoms with Gasteiger partial charge in [-0.3, -0.25) is 14.2 Å². The molecule has 160 valence electrons. The van der Waals surface area contributed by atoms with Gasteiger partial charge in [0.05, 0.1) is 17.4 Å². The molecule has 0 bridgehead atoms. The minimum Gasteiger partial charge on any atom is -0.354 e. The molecule has 0 saturated heterocycles. The van der Waals surface area contributed by atoms with Gasteiger partial charge in [0, 0.05) is 34.8 Å². The SMILES string of the molecule is O=C(Cn1cnc2scc(-c3cccs3)c2c1=O)NCCc1ccc(-n2cccn2)cc1. The van der Waals surface area contributed by atoms with E-state index in [1.54, 1.807) is 22.2 Å². The number of benzene rings is 1. The van der Waals surface area contributed by atoms with Crippen LogP contribution in [0.15, 0.2) is 76.7 Å². The average molecular weight is 462 g/mol. The second kappa shape index (κ2) is 8.89. The minimum atomic E-state index is -0.214. The number of nitrogens with one attached hydrogen (secondary N) is 1. The van der Waals surface area contributed by atoms with Gasteiger partial charge in [-0.1, -0.05) is 18.2 Å². The Kier molecular flexibility index (Phi) is 5.66. The molecule has 5 rings (SSSR count). The van der Waals surface area contributed by atoms with Gasteiger partial charge in [0.25, 0.3) is 5.56 Å². The lowest BCUT2D eigenvalue weighted by molar-refractivity contribution is -0.121. The number of fused-ring (bicyclic) bond motifs is 1. The third kappa shape index (κ3) is 4.12. The van der Waals surface area contributed by atoms with Crippen molar-refractivity contribution in [3.05, 3.63) is 87.9 Å². The standard InChI is InChI=1S/C23H19N5O2S2/c29-20(24-10-8-16-4-6-17(7-5-16)28-11-2-9-26-28)13-27-15-25-22-21(23(27)30)18(14-32-22)19-3-1-12-31-19/h1-7,9,11-12,14-15H,8,10,13H2,(H,24,29). The van der Waals surface area contributed by atoms with Crippen molar-refractivity contribution in [2.45, 2.75) is 13.0 Å². The fraction of sp³-hybridized carbons (Fsp3) is 0.130. The van der Waals surface area contributed by atoms with E-state index >= 15 is 0 Å². The van der Waals surface area contributed by atoms with Gasteiger partial charge < -0.3 is 5.32 Å². The van der Waals surface area contributed by atoms with Crippen LogP contribution in [0.1, 0.15) is 5.56 Å². The van der Waals surface area contributed by atoms with Crippen LogP contribution in [0.5, 0.6) is 0 Å². The number of hydrogen-bond acceptors (Lipinski definition) is 6. The highest BCUT2D eigenvalue weighted by Gasteiger charge is 2.15. The molecular weight excluding hydrogens is 442 g/mol. The van der Waals surface area contributed by atoms with Crippen LogP contribution in [0.3, 0.4) is 0 Å². The van der Waals surface area contributed by atoms with Gasteiger partial charge in [0.1, 0.15) is 11.4 Å². The first-order valence-corrected chi connectivity index (χ1v) is 11.8. The molecule has 32 heavy (non-hydrogen) atoms. The number of rotatable bonds is 7. The van der Waals surface area contributed by atoms with Crippen molar-refractivity contribution in [1.29, 1.82) is 0 Å². The molecule has 0 radical (unpaired) electrons. The molecule has 1 amide bonds. The van der Waals surface area contributed by atoms with Crippen LogP contribution in [-0.4, -0.2) is 31.8 Å². The number of carbonyl (C=O) groups excluding carboxylic acids is 1. The van der Waals surface area contributed by atoms with Crippen molar-refractivity contribution in [2.75, 3.05) is 6.54 Å². The van der Waals surface area contributed by atoms with Crippen LogP contribution in [0, 0.1) is 0 Å². The smallest absolute Gasteiger partial charge is 0.263 e. The van der Waals surface area contributed by atoms with Gasteiger partial charge in [0.15, 0.2) is 0 Å². The van der Waals surface area contributed by atoms with Gasteiger partial charge in [-0.05, 0) is 41.6 Å². The predicted molar refractivity (Wildman–Crippen MR) is 127 cm³/mol. The molecule has 4 aromatic heterocycles. The second-order valence-corrected chi connectivity index (χ2v) is 9.01. The third-order valence-electron chi connectivity index (χ3n) is 5.10. The van der Waals surface area contributed by atoms with E-state index in [1.807, 2.05) is 59.4 Å². The van der Waals surface area contributed by atoms with Crippen molar-refractivity contribution in [3.8, 4) is 16.1 Å². The maximum Gasteiger partial charge on any atom is 0.263 e. The summed E-state index contributed by atoms with van der Waals surface area (Å²) in [7, 11) is 0. The Hall–Kier alpha value is -3.56. The van der Waals surface area contributed by atoms with E-state index in [-0.39, 0.29) is 18.0 Å².